The third-order valence-corrected chi connectivity index (χ3v) is 3.55. The molecule has 124 valence electrons. The molecule has 2 aromatic carbocycles. The van der Waals surface area contributed by atoms with Crippen LogP contribution in [0.3, 0.4) is 0 Å². The first-order valence-corrected chi connectivity index (χ1v) is 7.33. The van der Waals surface area contributed by atoms with Gasteiger partial charge in [0.1, 0.15) is 11.6 Å². The molecule has 0 amide bonds. The van der Waals surface area contributed by atoms with Gasteiger partial charge in [-0.25, -0.2) is 9.97 Å². The Morgan fingerprint density at radius 2 is 1.79 bits per heavy atom. The van der Waals surface area contributed by atoms with Crippen LogP contribution in [0.5, 0.6) is 0 Å². The predicted molar refractivity (Wildman–Crippen MR) is 86.2 cm³/mol. The zero-order valence-corrected chi connectivity index (χ0v) is 12.6. The summed E-state index contributed by atoms with van der Waals surface area (Å²) in [6, 6.07) is 12.6. The number of benzene rings is 2. The highest BCUT2D eigenvalue weighted by atomic mass is 19.4. The van der Waals surface area contributed by atoms with Crippen molar-refractivity contribution in [3.05, 3.63) is 65.5 Å². The van der Waals surface area contributed by atoms with E-state index in [-0.39, 0.29) is 13.1 Å². The van der Waals surface area contributed by atoms with Gasteiger partial charge in [0.2, 0.25) is 0 Å². The number of alkyl halides is 3. The molecule has 3 rings (SSSR count). The monoisotopic (exact) mass is 332 g/mol. The van der Waals surface area contributed by atoms with Crippen LogP contribution >= 0.6 is 0 Å². The lowest BCUT2D eigenvalue weighted by molar-refractivity contribution is -0.137. The molecule has 0 fully saturated rings. The second-order valence-electron chi connectivity index (χ2n) is 5.26. The minimum atomic E-state index is -4.36. The van der Waals surface area contributed by atoms with Crippen LogP contribution < -0.4 is 11.1 Å². The largest absolute Gasteiger partial charge is 0.416 e. The van der Waals surface area contributed by atoms with Crippen LogP contribution in [0.15, 0.2) is 48.5 Å². The van der Waals surface area contributed by atoms with Crippen molar-refractivity contribution in [3.63, 3.8) is 0 Å². The van der Waals surface area contributed by atoms with E-state index in [4.69, 9.17) is 5.73 Å². The summed E-state index contributed by atoms with van der Waals surface area (Å²) in [5.41, 5.74) is 6.19. The first-order valence-electron chi connectivity index (χ1n) is 7.33. The van der Waals surface area contributed by atoms with E-state index in [9.17, 15) is 13.2 Å². The van der Waals surface area contributed by atoms with Gasteiger partial charge in [0.25, 0.3) is 0 Å². The standard InChI is InChI=1S/C17H15F3N4/c18-17(19,20)12-5-3-4-11(8-12)10-22-16-13-6-1-2-7-14(13)23-15(9-21)24-16/h1-8H,9-10,21H2,(H,22,23,24). The predicted octanol–water partition coefficient (Wildman–Crippen LogP) is 3.72. The van der Waals surface area contributed by atoms with E-state index < -0.39 is 11.7 Å². The molecule has 0 unspecified atom stereocenters. The quantitative estimate of drug-likeness (QED) is 0.764. The molecule has 0 saturated heterocycles. The molecule has 0 aliphatic rings. The number of hydrogen-bond acceptors (Lipinski definition) is 4. The molecule has 0 spiro atoms. The van der Waals surface area contributed by atoms with Gasteiger partial charge < -0.3 is 11.1 Å². The molecule has 0 aliphatic heterocycles. The van der Waals surface area contributed by atoms with Crippen molar-refractivity contribution in [2.24, 2.45) is 5.73 Å². The SMILES string of the molecule is NCc1nc(NCc2cccc(C(F)(F)F)c2)c2ccccc2n1. The third-order valence-electron chi connectivity index (χ3n) is 3.55. The summed E-state index contributed by atoms with van der Waals surface area (Å²) in [5, 5.41) is 3.88. The first kappa shape index (κ1) is 16.2. The Bertz CT molecular complexity index is 862. The zero-order valence-electron chi connectivity index (χ0n) is 12.6. The minimum Gasteiger partial charge on any atom is -0.365 e. The van der Waals surface area contributed by atoms with Gasteiger partial charge in [-0.3, -0.25) is 0 Å². The molecule has 0 bridgehead atoms. The van der Waals surface area contributed by atoms with Crippen LogP contribution in [-0.4, -0.2) is 9.97 Å². The van der Waals surface area contributed by atoms with Crippen LogP contribution in [0.2, 0.25) is 0 Å². The Morgan fingerprint density at radius 1 is 1.00 bits per heavy atom. The Balaban J connectivity index is 1.88. The van der Waals surface area contributed by atoms with Gasteiger partial charge in [0, 0.05) is 11.9 Å². The number of fused-ring (bicyclic) bond motifs is 1. The van der Waals surface area contributed by atoms with Gasteiger partial charge in [-0.2, -0.15) is 13.2 Å². The van der Waals surface area contributed by atoms with Crippen LogP contribution in [-0.2, 0) is 19.3 Å². The van der Waals surface area contributed by atoms with Gasteiger partial charge in [-0.15, -0.1) is 0 Å². The van der Waals surface area contributed by atoms with Crippen molar-refractivity contribution >= 4 is 16.7 Å². The Hall–Kier alpha value is -2.67. The maximum Gasteiger partial charge on any atom is 0.416 e. The average molecular weight is 332 g/mol. The Labute approximate surface area is 136 Å². The van der Waals surface area contributed by atoms with Crippen molar-refractivity contribution in [2.45, 2.75) is 19.3 Å². The van der Waals surface area contributed by atoms with Crippen LogP contribution in [0.1, 0.15) is 17.0 Å². The molecule has 0 radical (unpaired) electrons. The fraction of sp³-hybridized carbons (Fsp3) is 0.176. The number of rotatable bonds is 4. The normalized spacial score (nSPS) is 11.7. The van der Waals surface area contributed by atoms with Gasteiger partial charge in [0.05, 0.1) is 17.6 Å². The number of nitrogens with two attached hydrogens (primary N) is 1. The number of nitrogens with zero attached hydrogens (tertiary/aromatic N) is 2. The van der Waals surface area contributed by atoms with Crippen molar-refractivity contribution in [1.29, 1.82) is 0 Å². The summed E-state index contributed by atoms with van der Waals surface area (Å²) < 4.78 is 38.3. The van der Waals surface area contributed by atoms with Crippen molar-refractivity contribution in [2.75, 3.05) is 5.32 Å². The Kier molecular flexibility index (Phi) is 4.35. The van der Waals surface area contributed by atoms with Gasteiger partial charge >= 0.3 is 6.18 Å². The van der Waals surface area contributed by atoms with E-state index in [1.807, 2.05) is 24.3 Å². The molecule has 24 heavy (non-hydrogen) atoms. The van der Waals surface area contributed by atoms with Crippen molar-refractivity contribution in [1.82, 2.24) is 9.97 Å². The average Bonchev–Trinajstić information content (AvgIpc) is 2.59. The highest BCUT2D eigenvalue weighted by Gasteiger charge is 2.30. The topological polar surface area (TPSA) is 63.8 Å². The highest BCUT2D eigenvalue weighted by Crippen LogP contribution is 2.29. The summed E-state index contributed by atoms with van der Waals surface area (Å²) in [5.74, 6) is 1.03. The first-order chi connectivity index (χ1) is 11.5. The summed E-state index contributed by atoms with van der Waals surface area (Å²) in [6.45, 7) is 0.401. The molecule has 0 atom stereocenters. The van der Waals surface area contributed by atoms with E-state index in [1.165, 1.54) is 6.07 Å². The fourth-order valence-corrected chi connectivity index (χ4v) is 2.39. The lowest BCUT2D eigenvalue weighted by atomic mass is 10.1. The summed E-state index contributed by atoms with van der Waals surface area (Å²) in [4.78, 5) is 8.67. The molecule has 0 aliphatic carbocycles. The summed E-state index contributed by atoms with van der Waals surface area (Å²) in [7, 11) is 0. The molecule has 4 nitrogen and oxygen atoms in total. The van der Waals surface area contributed by atoms with Crippen molar-refractivity contribution < 1.29 is 13.2 Å². The van der Waals surface area contributed by atoms with Gasteiger partial charge in [0.15, 0.2) is 0 Å². The number of para-hydroxylation sites is 1. The fourth-order valence-electron chi connectivity index (χ4n) is 2.39. The molecule has 7 heteroatoms. The highest BCUT2D eigenvalue weighted by molar-refractivity contribution is 5.88. The van der Waals surface area contributed by atoms with Crippen LogP contribution in [0.4, 0.5) is 19.0 Å². The van der Waals surface area contributed by atoms with E-state index in [0.29, 0.717) is 17.2 Å². The smallest absolute Gasteiger partial charge is 0.365 e. The number of anilines is 1. The maximum absolute atomic E-state index is 12.8. The molecule has 1 aromatic heterocycles. The Morgan fingerprint density at radius 3 is 2.54 bits per heavy atom. The number of aromatic nitrogens is 2. The summed E-state index contributed by atoms with van der Waals surface area (Å²) in [6.07, 6.45) is -4.36. The lowest BCUT2D eigenvalue weighted by Crippen LogP contribution is -2.09. The molecular formula is C17H15F3N4. The number of halogens is 3. The maximum atomic E-state index is 12.8. The second kappa shape index (κ2) is 6.45. The molecule has 0 saturated carbocycles. The van der Waals surface area contributed by atoms with Gasteiger partial charge in [-0.05, 0) is 29.8 Å². The van der Waals surface area contributed by atoms with E-state index in [1.54, 1.807) is 6.07 Å². The minimum absolute atomic E-state index is 0.184. The van der Waals surface area contributed by atoms with Gasteiger partial charge in [-0.1, -0.05) is 24.3 Å². The van der Waals surface area contributed by atoms with E-state index in [0.717, 1.165) is 23.0 Å². The molecular weight excluding hydrogens is 317 g/mol. The zero-order chi connectivity index (χ0) is 17.2. The van der Waals surface area contributed by atoms with Crippen LogP contribution in [0, 0.1) is 0 Å². The lowest BCUT2D eigenvalue weighted by Gasteiger charge is -2.12. The number of hydrogen-bond donors (Lipinski definition) is 2. The molecule has 3 N–H and O–H groups in total. The van der Waals surface area contributed by atoms with E-state index in [2.05, 4.69) is 15.3 Å². The molecule has 1 heterocycles. The number of nitrogens with one attached hydrogen (secondary N) is 1. The van der Waals surface area contributed by atoms with E-state index >= 15 is 0 Å². The second-order valence-corrected chi connectivity index (χ2v) is 5.26. The third kappa shape index (κ3) is 3.46. The van der Waals surface area contributed by atoms with Crippen LogP contribution in [0.25, 0.3) is 10.9 Å². The molecule has 3 aromatic rings. The summed E-state index contributed by atoms with van der Waals surface area (Å²) >= 11 is 0. The van der Waals surface area contributed by atoms with Crippen molar-refractivity contribution in [3.8, 4) is 0 Å².